The Hall–Kier alpha value is -0.170. The van der Waals surface area contributed by atoms with Crippen molar-refractivity contribution in [3.8, 4) is 0 Å². The Morgan fingerprint density at radius 3 is 2.55 bits per heavy atom. The molecular weight excluding hydrogens is 274 g/mol. The molecule has 0 aromatic heterocycles. The van der Waals surface area contributed by atoms with Crippen LogP contribution in [-0.4, -0.2) is 66.7 Å². The van der Waals surface area contributed by atoms with Gasteiger partial charge in [-0.15, -0.1) is 0 Å². The number of piperazine rings is 1. The molecule has 0 aromatic rings. The van der Waals surface area contributed by atoms with Crippen LogP contribution in [0.1, 0.15) is 39.5 Å². The van der Waals surface area contributed by atoms with Gasteiger partial charge >= 0.3 is 0 Å². The van der Waals surface area contributed by atoms with E-state index in [1.165, 1.54) is 19.3 Å². The van der Waals surface area contributed by atoms with Gasteiger partial charge in [-0.3, -0.25) is 4.90 Å². The molecule has 1 saturated carbocycles. The molecule has 3 aliphatic rings. The number of nitrogens with zero attached hydrogens (tertiary/aromatic N) is 3. The van der Waals surface area contributed by atoms with E-state index in [0.29, 0.717) is 18.5 Å². The first kappa shape index (κ1) is 14.8. The predicted octanol–water partition coefficient (Wildman–Crippen LogP) is 1.13. The summed E-state index contributed by atoms with van der Waals surface area (Å²) in [5.74, 6) is 0.567. The van der Waals surface area contributed by atoms with E-state index in [1.807, 2.05) is 13.8 Å². The van der Waals surface area contributed by atoms with E-state index in [4.69, 9.17) is 0 Å². The van der Waals surface area contributed by atoms with Crippen molar-refractivity contribution >= 4 is 10.2 Å². The van der Waals surface area contributed by atoms with Crippen LogP contribution in [0, 0.1) is 5.92 Å². The van der Waals surface area contributed by atoms with Crippen molar-refractivity contribution in [2.45, 2.75) is 57.7 Å². The maximum atomic E-state index is 12.9. The Labute approximate surface area is 123 Å². The van der Waals surface area contributed by atoms with Gasteiger partial charge in [-0.05, 0) is 52.0 Å². The third-order valence-corrected chi connectivity index (χ3v) is 7.58. The smallest absolute Gasteiger partial charge is 0.282 e. The summed E-state index contributed by atoms with van der Waals surface area (Å²) in [6.07, 6.45) is 4.69. The maximum Gasteiger partial charge on any atom is 0.282 e. The zero-order chi connectivity index (χ0) is 14.5. The summed E-state index contributed by atoms with van der Waals surface area (Å²) in [6, 6.07) is 0.655. The highest BCUT2D eigenvalue weighted by Crippen LogP contribution is 2.36. The highest BCUT2D eigenvalue weighted by Gasteiger charge is 2.44. The van der Waals surface area contributed by atoms with E-state index in [9.17, 15) is 8.42 Å². The van der Waals surface area contributed by atoms with Gasteiger partial charge in [-0.1, -0.05) is 0 Å². The molecule has 0 bridgehead atoms. The van der Waals surface area contributed by atoms with E-state index >= 15 is 0 Å². The Morgan fingerprint density at radius 2 is 1.90 bits per heavy atom. The van der Waals surface area contributed by atoms with Crippen LogP contribution in [0.3, 0.4) is 0 Å². The molecule has 0 amide bonds. The SMILES string of the molecule is C[C@H](C1CC1)N(C)S(=O)(=O)N1C[C@H]2CCCN2C[C@@H]1C. The summed E-state index contributed by atoms with van der Waals surface area (Å²) < 4.78 is 29.1. The van der Waals surface area contributed by atoms with E-state index in [1.54, 1.807) is 15.7 Å². The summed E-state index contributed by atoms with van der Waals surface area (Å²) in [7, 11) is -1.56. The van der Waals surface area contributed by atoms with Gasteiger partial charge in [-0.25, -0.2) is 0 Å². The van der Waals surface area contributed by atoms with E-state index in [2.05, 4.69) is 4.90 Å². The zero-order valence-electron chi connectivity index (χ0n) is 12.8. The van der Waals surface area contributed by atoms with Crippen LogP contribution in [0.4, 0.5) is 0 Å². The summed E-state index contributed by atoms with van der Waals surface area (Å²) in [5, 5.41) is 0. The van der Waals surface area contributed by atoms with Crippen LogP contribution in [0.25, 0.3) is 0 Å². The van der Waals surface area contributed by atoms with Crippen LogP contribution in [0.15, 0.2) is 0 Å². The normalized spacial score (nSPS) is 34.4. The lowest BCUT2D eigenvalue weighted by Gasteiger charge is -2.43. The standard InChI is InChI=1S/C14H27N3O2S/c1-11-9-16-8-4-5-14(16)10-17(11)20(18,19)15(3)12(2)13-6-7-13/h11-14H,4-10H2,1-3H3/t11-,12+,14+/m0/s1. The molecule has 3 rings (SSSR count). The second-order valence-corrected chi connectivity index (χ2v) is 8.75. The second-order valence-electron chi connectivity index (χ2n) is 6.81. The van der Waals surface area contributed by atoms with Gasteiger partial charge < -0.3 is 0 Å². The van der Waals surface area contributed by atoms with Gasteiger partial charge in [0.15, 0.2) is 0 Å². The molecule has 2 heterocycles. The van der Waals surface area contributed by atoms with Gasteiger partial charge in [-0.2, -0.15) is 17.0 Å². The molecular formula is C14H27N3O2S. The third kappa shape index (κ3) is 2.51. The monoisotopic (exact) mass is 301 g/mol. The largest absolute Gasteiger partial charge is 0.297 e. The maximum absolute atomic E-state index is 12.9. The lowest BCUT2D eigenvalue weighted by molar-refractivity contribution is 0.110. The average molecular weight is 301 g/mol. The molecule has 0 N–H and O–H groups in total. The van der Waals surface area contributed by atoms with Crippen LogP contribution in [-0.2, 0) is 10.2 Å². The summed E-state index contributed by atoms with van der Waals surface area (Å²) in [4.78, 5) is 2.46. The molecule has 2 aliphatic heterocycles. The summed E-state index contributed by atoms with van der Waals surface area (Å²) in [5.41, 5.74) is 0. The Balaban J connectivity index is 1.75. The van der Waals surface area contributed by atoms with E-state index in [0.717, 1.165) is 19.5 Å². The first-order valence-electron chi connectivity index (χ1n) is 7.90. The molecule has 116 valence electrons. The predicted molar refractivity (Wildman–Crippen MR) is 79.6 cm³/mol. The minimum absolute atomic E-state index is 0.0863. The molecule has 3 fully saturated rings. The molecule has 0 radical (unpaired) electrons. The van der Waals surface area contributed by atoms with Gasteiger partial charge in [0.2, 0.25) is 0 Å². The summed E-state index contributed by atoms with van der Waals surface area (Å²) in [6.45, 7) is 6.78. The Kier molecular flexibility index (Phi) is 3.86. The number of fused-ring (bicyclic) bond motifs is 1. The third-order valence-electron chi connectivity index (χ3n) is 5.42. The van der Waals surface area contributed by atoms with Crippen molar-refractivity contribution in [2.24, 2.45) is 5.92 Å². The first-order valence-corrected chi connectivity index (χ1v) is 9.30. The topological polar surface area (TPSA) is 43.9 Å². The molecule has 0 unspecified atom stereocenters. The molecule has 5 nitrogen and oxygen atoms in total. The van der Waals surface area contributed by atoms with Crippen LogP contribution in [0.2, 0.25) is 0 Å². The summed E-state index contributed by atoms with van der Waals surface area (Å²) >= 11 is 0. The lowest BCUT2D eigenvalue weighted by atomic mass is 10.1. The Bertz CT molecular complexity index is 463. The van der Waals surface area contributed by atoms with Crippen molar-refractivity contribution in [3.63, 3.8) is 0 Å². The van der Waals surface area contributed by atoms with E-state index in [-0.39, 0.29) is 12.1 Å². The molecule has 6 heteroatoms. The second kappa shape index (κ2) is 5.23. The molecule has 0 aromatic carbocycles. The fraction of sp³-hybridized carbons (Fsp3) is 1.00. The van der Waals surface area contributed by atoms with Gasteiger partial charge in [0.1, 0.15) is 0 Å². The molecule has 3 atom stereocenters. The van der Waals surface area contributed by atoms with Crippen molar-refractivity contribution in [3.05, 3.63) is 0 Å². The molecule has 0 spiro atoms. The van der Waals surface area contributed by atoms with Crippen LogP contribution in [0.5, 0.6) is 0 Å². The highest BCUT2D eigenvalue weighted by atomic mass is 32.2. The number of rotatable bonds is 4. The molecule has 2 saturated heterocycles. The number of hydrogen-bond acceptors (Lipinski definition) is 3. The van der Waals surface area contributed by atoms with Crippen molar-refractivity contribution in [1.82, 2.24) is 13.5 Å². The molecule has 20 heavy (non-hydrogen) atoms. The highest BCUT2D eigenvalue weighted by molar-refractivity contribution is 7.86. The van der Waals surface area contributed by atoms with Crippen LogP contribution < -0.4 is 0 Å². The van der Waals surface area contributed by atoms with Gasteiger partial charge in [0.25, 0.3) is 10.2 Å². The number of hydrogen-bond donors (Lipinski definition) is 0. The fourth-order valence-electron chi connectivity index (χ4n) is 3.73. The molecule has 1 aliphatic carbocycles. The van der Waals surface area contributed by atoms with Gasteiger partial charge in [0.05, 0.1) is 0 Å². The zero-order valence-corrected chi connectivity index (χ0v) is 13.6. The average Bonchev–Trinajstić information content (AvgIpc) is 3.15. The lowest BCUT2D eigenvalue weighted by Crippen LogP contribution is -2.60. The first-order chi connectivity index (χ1) is 9.41. The minimum Gasteiger partial charge on any atom is -0.297 e. The minimum atomic E-state index is -3.31. The van der Waals surface area contributed by atoms with E-state index < -0.39 is 10.2 Å². The quantitative estimate of drug-likeness (QED) is 0.782. The van der Waals surface area contributed by atoms with Crippen molar-refractivity contribution in [2.75, 3.05) is 26.7 Å². The van der Waals surface area contributed by atoms with Crippen molar-refractivity contribution in [1.29, 1.82) is 0 Å². The van der Waals surface area contributed by atoms with Crippen molar-refractivity contribution < 1.29 is 8.42 Å². The Morgan fingerprint density at radius 1 is 1.20 bits per heavy atom. The van der Waals surface area contributed by atoms with Crippen LogP contribution >= 0.6 is 0 Å². The fourth-order valence-corrected chi connectivity index (χ4v) is 5.54. The van der Waals surface area contributed by atoms with Gasteiger partial charge in [0, 0.05) is 38.3 Å².